The molecule has 2 saturated heterocycles. The summed E-state index contributed by atoms with van der Waals surface area (Å²) in [4.78, 5) is 27.3. The smallest absolute Gasteiger partial charge is 0.243 e. The molecule has 6 rings (SSSR count). The number of nitrogens with one attached hydrogen (secondary N) is 3. The average molecular weight is 630 g/mol. The minimum absolute atomic E-state index is 0.190. The van der Waals surface area contributed by atoms with E-state index in [4.69, 9.17) is 19.9 Å². The van der Waals surface area contributed by atoms with Gasteiger partial charge in [-0.15, -0.1) is 11.3 Å². The molecule has 5 heterocycles. The number of sulfonamides is 1. The predicted molar refractivity (Wildman–Crippen MR) is 165 cm³/mol. The van der Waals surface area contributed by atoms with Crippen LogP contribution in [-0.2, 0) is 26.1 Å². The van der Waals surface area contributed by atoms with Crippen molar-refractivity contribution in [3.05, 3.63) is 29.1 Å². The van der Waals surface area contributed by atoms with Gasteiger partial charge in [0.05, 0.1) is 40.6 Å². The van der Waals surface area contributed by atoms with E-state index in [1.807, 2.05) is 18.2 Å². The number of amides is 1. The maximum Gasteiger partial charge on any atom is 0.243 e. The van der Waals surface area contributed by atoms with Gasteiger partial charge in [-0.1, -0.05) is 12.1 Å². The predicted octanol–water partition coefficient (Wildman–Crippen LogP) is 1.85. The summed E-state index contributed by atoms with van der Waals surface area (Å²) in [6, 6.07) is 8.01. The molecule has 2 aliphatic rings. The lowest BCUT2D eigenvalue weighted by molar-refractivity contribution is -0.129. The summed E-state index contributed by atoms with van der Waals surface area (Å²) in [5.74, 6) is 1.69. The molecule has 1 aromatic carbocycles. The van der Waals surface area contributed by atoms with Crippen LogP contribution in [0.25, 0.3) is 32.5 Å². The van der Waals surface area contributed by atoms with Crippen molar-refractivity contribution < 1.29 is 23.2 Å². The van der Waals surface area contributed by atoms with Crippen LogP contribution >= 0.6 is 11.3 Å². The molecule has 0 aliphatic carbocycles. The summed E-state index contributed by atoms with van der Waals surface area (Å²) in [6.07, 6.45) is 1.98. The van der Waals surface area contributed by atoms with Crippen LogP contribution in [0.5, 0.6) is 0 Å². The van der Waals surface area contributed by atoms with E-state index in [9.17, 15) is 13.2 Å². The fourth-order valence-electron chi connectivity index (χ4n) is 5.49. The number of nitrogens with zero attached hydrogens (tertiary/aromatic N) is 6. The van der Waals surface area contributed by atoms with Crippen LogP contribution < -0.4 is 15.7 Å². The third kappa shape index (κ3) is 6.58. The molecule has 230 valence electrons. The Labute approximate surface area is 253 Å². The van der Waals surface area contributed by atoms with Crippen LogP contribution in [0.3, 0.4) is 0 Å². The summed E-state index contributed by atoms with van der Waals surface area (Å²) in [5, 5.41) is 20.5. The third-order valence-corrected chi connectivity index (χ3v) is 10.1. The number of anilines is 2. The van der Waals surface area contributed by atoms with E-state index in [2.05, 4.69) is 31.4 Å². The second kappa shape index (κ2) is 12.7. The van der Waals surface area contributed by atoms with Crippen molar-refractivity contribution in [2.24, 2.45) is 0 Å². The first-order valence-electron chi connectivity index (χ1n) is 14.2. The second-order valence-corrected chi connectivity index (χ2v) is 13.8. The van der Waals surface area contributed by atoms with E-state index in [1.54, 1.807) is 16.8 Å². The highest BCUT2D eigenvalue weighted by Gasteiger charge is 2.25. The molecule has 0 spiro atoms. The van der Waals surface area contributed by atoms with Crippen molar-refractivity contribution in [2.45, 2.75) is 19.4 Å². The van der Waals surface area contributed by atoms with Crippen LogP contribution in [0.1, 0.15) is 17.7 Å². The number of rotatable bonds is 10. The number of fused-ring (bicyclic) bond motifs is 2. The number of aromatic nitrogens is 4. The van der Waals surface area contributed by atoms with Crippen LogP contribution in [0.15, 0.2) is 24.3 Å². The van der Waals surface area contributed by atoms with Crippen molar-refractivity contribution in [1.29, 1.82) is 0 Å². The third-order valence-electron chi connectivity index (χ3n) is 7.72. The maximum atomic E-state index is 11.9. The summed E-state index contributed by atoms with van der Waals surface area (Å²) >= 11 is 1.69. The molecule has 1 amide bonds. The molecule has 43 heavy (non-hydrogen) atoms. The summed E-state index contributed by atoms with van der Waals surface area (Å²) < 4.78 is 32.1. The standard InChI is InChI=1S/C27H35N9O5S2/c1-43(39,40)36-10-8-34(9-11-36)17-18-16-21-24(42-18)27(35-12-14-41-15-13-35)30-25(29-21)19-4-2-5-20-23(19)26(32-31-20)28-7-3-6-22(37)33-38/h2,4-5,16,38H,3,6-15,17H2,1H3,(H,33,37)(H2,28,31,32). The van der Waals surface area contributed by atoms with E-state index in [-0.39, 0.29) is 6.42 Å². The Kier molecular flexibility index (Phi) is 8.74. The number of hydroxylamine groups is 1. The van der Waals surface area contributed by atoms with E-state index in [0.717, 1.165) is 57.0 Å². The average Bonchev–Trinajstić information content (AvgIpc) is 3.62. The highest BCUT2D eigenvalue weighted by Crippen LogP contribution is 2.37. The number of H-pyrrole nitrogens is 1. The summed E-state index contributed by atoms with van der Waals surface area (Å²) in [7, 11) is -3.18. The van der Waals surface area contributed by atoms with Gasteiger partial charge in [0.15, 0.2) is 17.5 Å². The molecule has 0 atom stereocenters. The normalized spacial score (nSPS) is 17.1. The maximum absolute atomic E-state index is 11.9. The largest absolute Gasteiger partial charge is 0.378 e. The fraction of sp³-hybridized carbons (Fsp3) is 0.481. The SMILES string of the molecule is CS(=O)(=O)N1CCN(Cc2cc3nc(-c4cccc5[nH]nc(NCCCC(=O)NO)c45)nc(N4CCOCC4)c3s2)CC1. The number of piperazine rings is 1. The lowest BCUT2D eigenvalue weighted by Crippen LogP contribution is -2.47. The zero-order valence-electron chi connectivity index (χ0n) is 23.9. The minimum atomic E-state index is -3.18. The highest BCUT2D eigenvalue weighted by atomic mass is 32.2. The lowest BCUT2D eigenvalue weighted by Gasteiger charge is -2.32. The Bertz CT molecular complexity index is 1710. The Morgan fingerprint density at radius 1 is 1.14 bits per heavy atom. The number of aromatic amines is 1. The zero-order valence-corrected chi connectivity index (χ0v) is 25.5. The van der Waals surface area contributed by atoms with Gasteiger partial charge in [0.2, 0.25) is 15.9 Å². The second-order valence-electron chi connectivity index (χ2n) is 10.7. The topological polar surface area (TPSA) is 169 Å². The molecule has 2 aliphatic heterocycles. The molecular weight excluding hydrogens is 594 g/mol. The Morgan fingerprint density at radius 3 is 2.67 bits per heavy atom. The number of thiophene rings is 1. The van der Waals surface area contributed by atoms with Crippen LogP contribution in [0.4, 0.5) is 11.6 Å². The number of ether oxygens (including phenoxy) is 1. The number of carbonyl (C=O) groups is 1. The summed E-state index contributed by atoms with van der Waals surface area (Å²) in [5.41, 5.74) is 4.19. The lowest BCUT2D eigenvalue weighted by atomic mass is 10.1. The molecule has 4 aromatic rings. The van der Waals surface area contributed by atoms with E-state index in [0.29, 0.717) is 64.0 Å². The van der Waals surface area contributed by atoms with Gasteiger partial charge in [-0.2, -0.15) is 9.40 Å². The molecule has 0 saturated carbocycles. The number of benzene rings is 1. The quantitative estimate of drug-likeness (QED) is 0.115. The first-order chi connectivity index (χ1) is 20.8. The van der Waals surface area contributed by atoms with E-state index < -0.39 is 15.9 Å². The van der Waals surface area contributed by atoms with Gasteiger partial charge in [-0.25, -0.2) is 23.9 Å². The first-order valence-corrected chi connectivity index (χ1v) is 16.9. The van der Waals surface area contributed by atoms with Gasteiger partial charge < -0.3 is 15.0 Å². The molecule has 4 N–H and O–H groups in total. The number of hydrogen-bond donors (Lipinski definition) is 4. The van der Waals surface area contributed by atoms with Crippen molar-refractivity contribution in [2.75, 3.05) is 75.5 Å². The van der Waals surface area contributed by atoms with Gasteiger partial charge in [0.1, 0.15) is 0 Å². The zero-order chi connectivity index (χ0) is 30.0. The van der Waals surface area contributed by atoms with Gasteiger partial charge in [0, 0.05) is 69.2 Å². The first kappa shape index (κ1) is 29.7. The van der Waals surface area contributed by atoms with Crippen LogP contribution in [-0.4, -0.2) is 114 Å². The number of hydrogen-bond acceptors (Lipinski definition) is 12. The summed E-state index contributed by atoms with van der Waals surface area (Å²) in [6.45, 7) is 6.27. The van der Waals surface area contributed by atoms with Gasteiger partial charge in [0.25, 0.3) is 0 Å². The monoisotopic (exact) mass is 629 g/mol. The van der Waals surface area contributed by atoms with E-state index >= 15 is 0 Å². The minimum Gasteiger partial charge on any atom is -0.378 e. The van der Waals surface area contributed by atoms with Crippen LogP contribution in [0, 0.1) is 0 Å². The van der Waals surface area contributed by atoms with Gasteiger partial charge >= 0.3 is 0 Å². The molecule has 3 aromatic heterocycles. The Balaban J connectivity index is 1.32. The molecule has 14 nitrogen and oxygen atoms in total. The van der Waals surface area contributed by atoms with E-state index in [1.165, 1.54) is 10.6 Å². The van der Waals surface area contributed by atoms with Gasteiger partial charge in [-0.3, -0.25) is 20.0 Å². The molecule has 0 unspecified atom stereocenters. The fourth-order valence-corrected chi connectivity index (χ4v) is 7.47. The molecule has 16 heteroatoms. The van der Waals surface area contributed by atoms with Crippen LogP contribution in [0.2, 0.25) is 0 Å². The number of morpholine rings is 1. The Hall–Kier alpha value is -3.41. The van der Waals surface area contributed by atoms with Crippen molar-refractivity contribution in [3.8, 4) is 11.4 Å². The Morgan fingerprint density at radius 2 is 1.93 bits per heavy atom. The van der Waals surface area contributed by atoms with Crippen molar-refractivity contribution >= 4 is 60.0 Å². The van der Waals surface area contributed by atoms with Crippen molar-refractivity contribution in [1.82, 2.24) is 34.9 Å². The highest BCUT2D eigenvalue weighted by molar-refractivity contribution is 7.88. The molecule has 0 radical (unpaired) electrons. The molecule has 0 bridgehead atoms. The molecule has 2 fully saturated rings. The van der Waals surface area contributed by atoms with Gasteiger partial charge in [-0.05, 0) is 18.6 Å². The number of carbonyl (C=O) groups excluding carboxylic acids is 1. The molecular formula is C27H35N9O5S2. The van der Waals surface area contributed by atoms with Crippen molar-refractivity contribution in [3.63, 3.8) is 0 Å².